The molecular formula is C14H10BrCl2N3. The molecule has 0 radical (unpaired) electrons. The molecular weight excluding hydrogens is 361 g/mol. The second kappa shape index (κ2) is 4.95. The highest BCUT2D eigenvalue weighted by Gasteiger charge is 2.15. The fraction of sp³-hybridized carbons (Fsp3) is 0.0714. The maximum Gasteiger partial charge on any atom is 0.205 e. The first-order valence-corrected chi connectivity index (χ1v) is 7.42. The third-order valence-electron chi connectivity index (χ3n) is 3.09. The number of imidazole rings is 1. The van der Waals surface area contributed by atoms with Gasteiger partial charge in [-0.2, -0.15) is 0 Å². The van der Waals surface area contributed by atoms with Crippen LogP contribution >= 0.6 is 39.1 Å². The summed E-state index contributed by atoms with van der Waals surface area (Å²) in [5.74, 6) is 0.380. The number of hydrogen-bond donors (Lipinski definition) is 1. The van der Waals surface area contributed by atoms with E-state index < -0.39 is 0 Å². The molecule has 3 rings (SSSR count). The van der Waals surface area contributed by atoms with E-state index in [1.165, 1.54) is 0 Å². The molecule has 102 valence electrons. The molecule has 3 nitrogen and oxygen atoms in total. The predicted molar refractivity (Wildman–Crippen MR) is 87.9 cm³/mol. The van der Waals surface area contributed by atoms with Crippen molar-refractivity contribution in [2.75, 3.05) is 5.73 Å². The summed E-state index contributed by atoms with van der Waals surface area (Å²) < 4.78 is 2.55. The van der Waals surface area contributed by atoms with Gasteiger partial charge in [0, 0.05) is 4.47 Å². The smallest absolute Gasteiger partial charge is 0.205 e. The van der Waals surface area contributed by atoms with E-state index in [1.54, 1.807) is 0 Å². The fourth-order valence-corrected chi connectivity index (χ4v) is 3.00. The second-order valence-electron chi connectivity index (χ2n) is 4.49. The lowest BCUT2D eigenvalue weighted by atomic mass is 10.2. The third-order valence-corrected chi connectivity index (χ3v) is 4.85. The molecule has 2 aromatic carbocycles. The lowest BCUT2D eigenvalue weighted by molar-refractivity contribution is 1.11. The zero-order valence-electron chi connectivity index (χ0n) is 10.5. The van der Waals surface area contributed by atoms with Gasteiger partial charge in [-0.1, -0.05) is 29.3 Å². The van der Waals surface area contributed by atoms with Crippen molar-refractivity contribution < 1.29 is 0 Å². The van der Waals surface area contributed by atoms with Gasteiger partial charge in [0.15, 0.2) is 0 Å². The molecule has 0 bridgehead atoms. The number of hydrogen-bond acceptors (Lipinski definition) is 2. The van der Waals surface area contributed by atoms with Crippen LogP contribution in [0.1, 0.15) is 5.56 Å². The van der Waals surface area contributed by atoms with Crippen molar-refractivity contribution in [2.24, 2.45) is 0 Å². The van der Waals surface area contributed by atoms with Gasteiger partial charge in [-0.25, -0.2) is 4.98 Å². The number of fused-ring (bicyclic) bond motifs is 1. The van der Waals surface area contributed by atoms with Gasteiger partial charge in [0.25, 0.3) is 0 Å². The first-order chi connectivity index (χ1) is 9.49. The van der Waals surface area contributed by atoms with Gasteiger partial charge in [-0.15, -0.1) is 0 Å². The zero-order chi connectivity index (χ0) is 14.4. The molecule has 1 heterocycles. The van der Waals surface area contributed by atoms with Crippen LogP contribution in [0.25, 0.3) is 16.7 Å². The lowest BCUT2D eigenvalue weighted by Crippen LogP contribution is -2.01. The quantitative estimate of drug-likeness (QED) is 0.613. The molecule has 0 unspecified atom stereocenters. The van der Waals surface area contributed by atoms with Gasteiger partial charge >= 0.3 is 0 Å². The number of benzene rings is 2. The number of nitrogens with zero attached hydrogens (tertiary/aromatic N) is 2. The molecule has 2 N–H and O–H groups in total. The van der Waals surface area contributed by atoms with E-state index in [4.69, 9.17) is 28.9 Å². The molecule has 3 aromatic rings. The van der Waals surface area contributed by atoms with E-state index >= 15 is 0 Å². The van der Waals surface area contributed by atoms with Crippen LogP contribution in [-0.4, -0.2) is 9.55 Å². The highest BCUT2D eigenvalue weighted by molar-refractivity contribution is 9.10. The highest BCUT2D eigenvalue weighted by Crippen LogP contribution is 2.37. The van der Waals surface area contributed by atoms with E-state index in [9.17, 15) is 0 Å². The Balaban J connectivity index is 2.37. The van der Waals surface area contributed by atoms with Crippen LogP contribution in [0, 0.1) is 6.92 Å². The van der Waals surface area contributed by atoms with E-state index in [2.05, 4.69) is 20.9 Å². The molecule has 0 saturated carbocycles. The Morgan fingerprint density at radius 2 is 1.90 bits per heavy atom. The van der Waals surface area contributed by atoms with Crippen molar-refractivity contribution in [2.45, 2.75) is 6.92 Å². The molecule has 0 spiro atoms. The number of rotatable bonds is 1. The van der Waals surface area contributed by atoms with Crippen molar-refractivity contribution >= 4 is 56.1 Å². The number of nitrogen functional groups attached to an aromatic ring is 1. The molecule has 6 heteroatoms. The number of aromatic nitrogens is 2. The third kappa shape index (κ3) is 2.08. The Labute approximate surface area is 134 Å². The Bertz CT molecular complexity index is 827. The molecule has 0 aliphatic heterocycles. The maximum absolute atomic E-state index is 6.34. The van der Waals surface area contributed by atoms with Gasteiger partial charge in [0.1, 0.15) is 0 Å². The predicted octanol–water partition coefficient (Wildman–Crippen LogP) is 4.99. The molecule has 0 aliphatic rings. The van der Waals surface area contributed by atoms with Crippen LogP contribution < -0.4 is 5.73 Å². The summed E-state index contributed by atoms with van der Waals surface area (Å²) in [6.45, 7) is 2.02. The van der Waals surface area contributed by atoms with Crippen molar-refractivity contribution in [1.29, 1.82) is 0 Å². The summed E-state index contributed by atoms with van der Waals surface area (Å²) in [5, 5.41) is 0.895. The number of aryl methyl sites for hydroxylation is 1. The van der Waals surface area contributed by atoms with Crippen LogP contribution in [0.3, 0.4) is 0 Å². The normalized spacial score (nSPS) is 11.2. The molecule has 20 heavy (non-hydrogen) atoms. The Morgan fingerprint density at radius 1 is 1.15 bits per heavy atom. The Hall–Kier alpha value is -1.23. The van der Waals surface area contributed by atoms with Crippen LogP contribution in [0.15, 0.2) is 34.8 Å². The van der Waals surface area contributed by atoms with E-state index in [-0.39, 0.29) is 0 Å². The largest absolute Gasteiger partial charge is 0.369 e. The van der Waals surface area contributed by atoms with Gasteiger partial charge in [-0.05, 0) is 52.7 Å². The van der Waals surface area contributed by atoms with E-state index in [0.717, 1.165) is 21.1 Å². The van der Waals surface area contributed by atoms with E-state index in [1.807, 2.05) is 41.8 Å². The van der Waals surface area contributed by atoms with Gasteiger partial charge in [-0.3, -0.25) is 4.57 Å². The van der Waals surface area contributed by atoms with Gasteiger partial charge in [0.05, 0.1) is 26.8 Å². The molecule has 0 atom stereocenters. The maximum atomic E-state index is 6.34. The number of anilines is 1. The lowest BCUT2D eigenvalue weighted by Gasteiger charge is -2.11. The highest BCUT2D eigenvalue weighted by atomic mass is 79.9. The van der Waals surface area contributed by atoms with Crippen molar-refractivity contribution in [3.63, 3.8) is 0 Å². The minimum Gasteiger partial charge on any atom is -0.369 e. The van der Waals surface area contributed by atoms with Crippen molar-refractivity contribution in [3.05, 3.63) is 50.4 Å². The number of nitrogens with two attached hydrogens (primary N) is 1. The van der Waals surface area contributed by atoms with Crippen LogP contribution in [0.4, 0.5) is 5.95 Å². The Morgan fingerprint density at radius 3 is 2.65 bits per heavy atom. The zero-order valence-corrected chi connectivity index (χ0v) is 13.6. The summed E-state index contributed by atoms with van der Waals surface area (Å²) in [5.41, 5.74) is 9.60. The van der Waals surface area contributed by atoms with Gasteiger partial charge in [0.2, 0.25) is 5.95 Å². The summed E-state index contributed by atoms with van der Waals surface area (Å²) in [4.78, 5) is 4.35. The molecule has 0 saturated heterocycles. The Kier molecular flexibility index (Phi) is 3.40. The SMILES string of the molecule is Cc1ccc2nc(N)n(-c3ccc(Br)c(Cl)c3Cl)c2c1. The van der Waals surface area contributed by atoms with E-state index in [0.29, 0.717) is 21.7 Å². The topological polar surface area (TPSA) is 43.8 Å². The monoisotopic (exact) mass is 369 g/mol. The summed E-state index contributed by atoms with van der Waals surface area (Å²) in [6, 6.07) is 9.65. The van der Waals surface area contributed by atoms with Gasteiger partial charge < -0.3 is 5.73 Å². The van der Waals surface area contributed by atoms with Crippen molar-refractivity contribution in [3.8, 4) is 5.69 Å². The molecule has 1 aromatic heterocycles. The first kappa shape index (κ1) is 13.7. The number of halogens is 3. The average Bonchev–Trinajstić information content (AvgIpc) is 2.72. The fourth-order valence-electron chi connectivity index (χ4n) is 2.15. The van der Waals surface area contributed by atoms with Crippen molar-refractivity contribution in [1.82, 2.24) is 9.55 Å². The minimum atomic E-state index is 0.380. The van der Waals surface area contributed by atoms with Crippen LogP contribution in [0.5, 0.6) is 0 Å². The standard InChI is InChI=1S/C14H10BrCl2N3/c1-7-2-4-9-11(6-7)20(14(18)19-9)10-5-3-8(15)12(16)13(10)17/h2-6H,1H3,(H2,18,19). The molecule has 0 amide bonds. The summed E-state index contributed by atoms with van der Waals surface area (Å²) in [6.07, 6.45) is 0. The molecule has 0 fully saturated rings. The summed E-state index contributed by atoms with van der Waals surface area (Å²) >= 11 is 15.9. The first-order valence-electron chi connectivity index (χ1n) is 5.87. The van der Waals surface area contributed by atoms with Crippen LogP contribution in [0.2, 0.25) is 10.0 Å². The second-order valence-corrected chi connectivity index (χ2v) is 6.10. The minimum absolute atomic E-state index is 0.380. The van der Waals surface area contributed by atoms with Crippen LogP contribution in [-0.2, 0) is 0 Å². The summed E-state index contributed by atoms with van der Waals surface area (Å²) in [7, 11) is 0. The average molecular weight is 371 g/mol. The molecule has 0 aliphatic carbocycles.